The maximum atomic E-state index is 14.2. The van der Waals surface area contributed by atoms with E-state index in [0.717, 1.165) is 11.1 Å². The van der Waals surface area contributed by atoms with Gasteiger partial charge in [-0.25, -0.2) is 13.3 Å². The number of rotatable bonds is 4. The molecule has 3 aromatic rings. The van der Waals surface area contributed by atoms with Gasteiger partial charge < -0.3 is 4.74 Å². The summed E-state index contributed by atoms with van der Waals surface area (Å²) >= 11 is 0. The number of carbonyl (C=O) groups excluding carboxylic acids is 2. The molecule has 3 aromatic carbocycles. The topological polar surface area (TPSA) is 84.0 Å². The molecule has 2 fully saturated rings. The highest BCUT2D eigenvalue weighted by molar-refractivity contribution is 7.92. The quantitative estimate of drug-likeness (QED) is 0.506. The Kier molecular flexibility index (Phi) is 5.28. The molecule has 2 heterocycles. The van der Waals surface area contributed by atoms with E-state index in [1.807, 2.05) is 25.1 Å². The minimum absolute atomic E-state index is 0.149. The van der Waals surface area contributed by atoms with Gasteiger partial charge in [0.2, 0.25) is 11.8 Å². The normalized spacial score (nSPS) is 27.1. The van der Waals surface area contributed by atoms with Crippen LogP contribution in [0.1, 0.15) is 23.5 Å². The van der Waals surface area contributed by atoms with Crippen molar-refractivity contribution in [1.82, 2.24) is 0 Å². The third-order valence-electron chi connectivity index (χ3n) is 7.80. The van der Waals surface area contributed by atoms with Crippen LogP contribution in [0.25, 0.3) is 0 Å². The zero-order valence-corrected chi connectivity index (χ0v) is 20.8. The van der Waals surface area contributed by atoms with Crippen molar-refractivity contribution in [2.24, 2.45) is 11.8 Å². The summed E-state index contributed by atoms with van der Waals surface area (Å²) in [7, 11) is -2.46. The maximum Gasteiger partial charge on any atom is 0.264 e. The smallest absolute Gasteiger partial charge is 0.264 e. The Balaban J connectivity index is 1.54. The van der Waals surface area contributed by atoms with E-state index < -0.39 is 34.0 Å². The van der Waals surface area contributed by atoms with Crippen LogP contribution in [0.4, 0.5) is 11.4 Å². The zero-order chi connectivity index (χ0) is 25.2. The molecule has 3 aliphatic rings. The van der Waals surface area contributed by atoms with Gasteiger partial charge in [0.05, 0.1) is 40.3 Å². The fourth-order valence-corrected chi connectivity index (χ4v) is 7.93. The van der Waals surface area contributed by atoms with Gasteiger partial charge in [-0.15, -0.1) is 0 Å². The predicted molar refractivity (Wildman–Crippen MR) is 135 cm³/mol. The highest BCUT2D eigenvalue weighted by Gasteiger charge is 2.64. The molecule has 1 aliphatic carbocycles. The number of amides is 2. The molecule has 36 heavy (non-hydrogen) atoms. The first-order chi connectivity index (χ1) is 17.3. The largest absolute Gasteiger partial charge is 0.381 e. The predicted octanol–water partition coefficient (Wildman–Crippen LogP) is 3.88. The van der Waals surface area contributed by atoms with Crippen LogP contribution in [0.3, 0.4) is 0 Å². The van der Waals surface area contributed by atoms with Crippen molar-refractivity contribution in [3.63, 3.8) is 0 Å². The SMILES string of the molecule is COC1CC2C(=O)N(c3ccccc3)C(=O)C2C2C1c1ccccc1N2S(=O)(=O)c1ccc(C)cc1. The van der Waals surface area contributed by atoms with E-state index in [0.29, 0.717) is 17.8 Å². The van der Waals surface area contributed by atoms with Crippen molar-refractivity contribution >= 4 is 33.2 Å². The molecule has 5 atom stereocenters. The zero-order valence-electron chi connectivity index (χ0n) is 19.9. The lowest BCUT2D eigenvalue weighted by molar-refractivity contribution is -0.124. The van der Waals surface area contributed by atoms with Crippen molar-refractivity contribution in [3.8, 4) is 0 Å². The van der Waals surface area contributed by atoms with Gasteiger partial charge in [-0.2, -0.15) is 0 Å². The molecular weight excluding hydrogens is 476 g/mol. The first-order valence-corrected chi connectivity index (χ1v) is 13.4. The van der Waals surface area contributed by atoms with E-state index in [9.17, 15) is 18.0 Å². The molecule has 6 rings (SSSR count). The second-order valence-electron chi connectivity index (χ2n) is 9.68. The summed E-state index contributed by atoms with van der Waals surface area (Å²) in [6, 6.07) is 22.1. The van der Waals surface area contributed by atoms with Crippen molar-refractivity contribution in [2.45, 2.75) is 36.3 Å². The van der Waals surface area contributed by atoms with Gasteiger partial charge in [0.15, 0.2) is 0 Å². The van der Waals surface area contributed by atoms with Crippen LogP contribution in [-0.2, 0) is 24.3 Å². The molecule has 1 saturated carbocycles. The van der Waals surface area contributed by atoms with E-state index >= 15 is 0 Å². The number of hydrogen-bond acceptors (Lipinski definition) is 5. The first-order valence-electron chi connectivity index (χ1n) is 12.0. The highest BCUT2D eigenvalue weighted by atomic mass is 32.2. The van der Waals surface area contributed by atoms with Crippen molar-refractivity contribution < 1.29 is 22.7 Å². The molecule has 7 nitrogen and oxygen atoms in total. The van der Waals surface area contributed by atoms with Gasteiger partial charge in [0.25, 0.3) is 10.0 Å². The summed E-state index contributed by atoms with van der Waals surface area (Å²) < 4.78 is 35.6. The Bertz CT molecular complexity index is 1450. The molecule has 0 radical (unpaired) electrons. The molecule has 2 amide bonds. The lowest BCUT2D eigenvalue weighted by Crippen LogP contribution is -2.54. The first kappa shape index (κ1) is 22.9. The summed E-state index contributed by atoms with van der Waals surface area (Å²) in [6.45, 7) is 1.90. The number of hydrogen-bond donors (Lipinski definition) is 0. The Hall–Kier alpha value is -3.49. The maximum absolute atomic E-state index is 14.2. The van der Waals surface area contributed by atoms with Crippen LogP contribution < -0.4 is 9.21 Å². The third kappa shape index (κ3) is 3.17. The Morgan fingerprint density at radius 3 is 2.19 bits per heavy atom. The summed E-state index contributed by atoms with van der Waals surface area (Å²) in [5.41, 5.74) is 2.80. The second-order valence-corrected chi connectivity index (χ2v) is 11.5. The minimum Gasteiger partial charge on any atom is -0.381 e. The monoisotopic (exact) mass is 502 g/mol. The molecule has 8 heteroatoms. The van der Waals surface area contributed by atoms with Crippen LogP contribution in [-0.4, -0.2) is 39.5 Å². The highest BCUT2D eigenvalue weighted by Crippen LogP contribution is 2.56. The second kappa shape index (κ2) is 8.28. The number of imide groups is 1. The number of aryl methyl sites for hydroxylation is 1. The van der Waals surface area contributed by atoms with Crippen molar-refractivity contribution in [1.29, 1.82) is 0 Å². The molecule has 0 N–H and O–H groups in total. The number of methoxy groups -OCH3 is 1. The van der Waals surface area contributed by atoms with Gasteiger partial charge in [0, 0.05) is 13.0 Å². The summed E-state index contributed by atoms with van der Waals surface area (Å²) in [6.07, 6.45) is -0.0636. The lowest BCUT2D eigenvalue weighted by Gasteiger charge is -2.41. The molecule has 5 unspecified atom stereocenters. The summed E-state index contributed by atoms with van der Waals surface area (Å²) in [4.78, 5) is 28.9. The average Bonchev–Trinajstić information content (AvgIpc) is 3.36. The van der Waals surface area contributed by atoms with E-state index in [-0.39, 0.29) is 22.6 Å². The van der Waals surface area contributed by atoms with E-state index in [1.165, 1.54) is 9.21 Å². The molecule has 2 aliphatic heterocycles. The van der Waals surface area contributed by atoms with Crippen LogP contribution in [0, 0.1) is 18.8 Å². The Morgan fingerprint density at radius 1 is 0.833 bits per heavy atom. The Labute approximate surface area is 210 Å². The van der Waals surface area contributed by atoms with Crippen molar-refractivity contribution in [3.05, 3.63) is 90.0 Å². The van der Waals surface area contributed by atoms with E-state index in [2.05, 4.69) is 0 Å². The van der Waals surface area contributed by atoms with Gasteiger partial charge >= 0.3 is 0 Å². The van der Waals surface area contributed by atoms with Gasteiger partial charge in [-0.1, -0.05) is 54.1 Å². The molecule has 0 bridgehead atoms. The van der Waals surface area contributed by atoms with E-state index in [1.54, 1.807) is 67.8 Å². The standard InChI is InChI=1S/C28H26N2O5S/c1-17-12-14-19(15-13-17)36(33,34)30-22-11-7-6-10-20(22)24-23(35-2)16-21-25(26(24)30)28(32)29(27(21)31)18-8-4-3-5-9-18/h3-15,21,23-26H,16H2,1-2H3. The van der Waals surface area contributed by atoms with Crippen LogP contribution >= 0.6 is 0 Å². The summed E-state index contributed by atoms with van der Waals surface area (Å²) in [5.74, 6) is -2.53. The number of carbonyl (C=O) groups is 2. The van der Waals surface area contributed by atoms with Crippen molar-refractivity contribution in [2.75, 3.05) is 16.3 Å². The fraction of sp³-hybridized carbons (Fsp3) is 0.286. The summed E-state index contributed by atoms with van der Waals surface area (Å²) in [5, 5.41) is 0. The molecular formula is C28H26N2O5S. The number of anilines is 2. The number of benzene rings is 3. The number of ether oxygens (including phenoxy) is 1. The van der Waals surface area contributed by atoms with Crippen LogP contribution in [0.2, 0.25) is 0 Å². The number of fused-ring (bicyclic) bond motifs is 5. The van der Waals surface area contributed by atoms with Crippen LogP contribution in [0.15, 0.2) is 83.8 Å². The average molecular weight is 503 g/mol. The number of nitrogens with zero attached hydrogens (tertiary/aromatic N) is 2. The third-order valence-corrected chi connectivity index (χ3v) is 9.62. The molecule has 0 spiro atoms. The molecule has 1 saturated heterocycles. The van der Waals surface area contributed by atoms with Gasteiger partial charge in [0.1, 0.15) is 0 Å². The molecule has 184 valence electrons. The van der Waals surface area contributed by atoms with Gasteiger partial charge in [-0.3, -0.25) is 13.9 Å². The Morgan fingerprint density at radius 2 is 1.50 bits per heavy atom. The number of para-hydroxylation sites is 2. The number of sulfonamides is 1. The van der Waals surface area contributed by atoms with Crippen LogP contribution in [0.5, 0.6) is 0 Å². The lowest BCUT2D eigenvalue weighted by atomic mass is 9.69. The molecule has 0 aromatic heterocycles. The van der Waals surface area contributed by atoms with E-state index in [4.69, 9.17) is 4.74 Å². The van der Waals surface area contributed by atoms with Gasteiger partial charge in [-0.05, 0) is 49.2 Å². The fourth-order valence-electron chi connectivity index (χ4n) is 6.22. The minimum atomic E-state index is -4.04.